The molecule has 2 aliphatic rings. The zero-order valence-corrected chi connectivity index (χ0v) is 12.4. The number of aromatic nitrogens is 4. The van der Waals surface area contributed by atoms with Crippen molar-refractivity contribution in [2.24, 2.45) is 0 Å². The van der Waals surface area contributed by atoms with Crippen LogP contribution in [0.25, 0.3) is 0 Å². The molecule has 0 unspecified atom stereocenters. The Balaban J connectivity index is 1.36. The van der Waals surface area contributed by atoms with Crippen molar-refractivity contribution >= 4 is 11.7 Å². The van der Waals surface area contributed by atoms with E-state index in [1.54, 1.807) is 17.3 Å². The molecule has 1 aliphatic carbocycles. The standard InChI is InChI=1S/C15H18N6O/c1-20(15(22)11-6-16-17-7-11)12-8-21(9-12)14-5-4-13(18-19-14)10-2-3-10/h4-7,10,12H,2-3,8-9H2,1H3,(H,16,17). The number of nitrogens with zero attached hydrogens (tertiary/aromatic N) is 5. The molecule has 2 aromatic rings. The lowest BCUT2D eigenvalue weighted by atomic mass is 10.1. The number of aromatic amines is 1. The molecule has 0 bridgehead atoms. The van der Waals surface area contributed by atoms with E-state index in [1.165, 1.54) is 12.8 Å². The van der Waals surface area contributed by atoms with Crippen LogP contribution in [0.4, 0.5) is 5.82 Å². The summed E-state index contributed by atoms with van der Waals surface area (Å²) in [6, 6.07) is 4.31. The van der Waals surface area contributed by atoms with Crippen LogP contribution in [0.5, 0.6) is 0 Å². The van der Waals surface area contributed by atoms with E-state index in [9.17, 15) is 4.79 Å². The number of amides is 1. The van der Waals surface area contributed by atoms with Gasteiger partial charge in [0, 0.05) is 32.3 Å². The van der Waals surface area contributed by atoms with Gasteiger partial charge in [-0.2, -0.15) is 10.2 Å². The van der Waals surface area contributed by atoms with Crippen LogP contribution < -0.4 is 4.90 Å². The Labute approximate surface area is 128 Å². The van der Waals surface area contributed by atoms with Gasteiger partial charge in [-0.15, -0.1) is 5.10 Å². The Morgan fingerprint density at radius 2 is 2.14 bits per heavy atom. The fourth-order valence-electron chi connectivity index (χ4n) is 2.73. The molecule has 7 nitrogen and oxygen atoms in total. The van der Waals surface area contributed by atoms with Crippen LogP contribution in [0.2, 0.25) is 0 Å². The van der Waals surface area contributed by atoms with Crippen LogP contribution >= 0.6 is 0 Å². The average Bonchev–Trinajstić information content (AvgIpc) is 3.20. The fourth-order valence-corrected chi connectivity index (χ4v) is 2.73. The number of H-pyrrole nitrogens is 1. The number of carbonyl (C=O) groups is 1. The van der Waals surface area contributed by atoms with E-state index in [-0.39, 0.29) is 11.9 Å². The molecule has 4 rings (SSSR count). The van der Waals surface area contributed by atoms with Gasteiger partial charge in [0.25, 0.3) is 5.91 Å². The smallest absolute Gasteiger partial charge is 0.257 e. The predicted octanol–water partition coefficient (Wildman–Crippen LogP) is 1.04. The van der Waals surface area contributed by atoms with E-state index in [4.69, 9.17) is 0 Å². The van der Waals surface area contributed by atoms with Crippen LogP contribution in [0.3, 0.4) is 0 Å². The highest BCUT2D eigenvalue weighted by molar-refractivity contribution is 5.93. The SMILES string of the molecule is CN(C(=O)c1cn[nH]c1)C1CN(c2ccc(C3CC3)nn2)C1. The molecule has 0 spiro atoms. The van der Waals surface area contributed by atoms with Crippen molar-refractivity contribution in [3.05, 3.63) is 35.8 Å². The number of carbonyl (C=O) groups excluding carboxylic acids is 1. The third-order valence-electron chi connectivity index (χ3n) is 4.47. The van der Waals surface area contributed by atoms with Crippen LogP contribution in [0, 0.1) is 0 Å². The molecule has 22 heavy (non-hydrogen) atoms. The van der Waals surface area contributed by atoms with Gasteiger partial charge >= 0.3 is 0 Å². The van der Waals surface area contributed by atoms with Crippen LogP contribution in [0.1, 0.15) is 34.8 Å². The van der Waals surface area contributed by atoms with Crippen LogP contribution in [-0.2, 0) is 0 Å². The van der Waals surface area contributed by atoms with E-state index in [0.29, 0.717) is 11.5 Å². The lowest BCUT2D eigenvalue weighted by molar-refractivity contribution is 0.0705. The second-order valence-electron chi connectivity index (χ2n) is 6.05. The van der Waals surface area contributed by atoms with Crippen molar-refractivity contribution in [2.45, 2.75) is 24.8 Å². The van der Waals surface area contributed by atoms with Crippen molar-refractivity contribution in [2.75, 3.05) is 25.0 Å². The summed E-state index contributed by atoms with van der Waals surface area (Å²) in [5.41, 5.74) is 1.70. The highest BCUT2D eigenvalue weighted by atomic mass is 16.2. The van der Waals surface area contributed by atoms with E-state index < -0.39 is 0 Å². The molecule has 0 atom stereocenters. The van der Waals surface area contributed by atoms with E-state index >= 15 is 0 Å². The Morgan fingerprint density at radius 1 is 1.32 bits per heavy atom. The molecule has 0 radical (unpaired) electrons. The highest BCUT2D eigenvalue weighted by Gasteiger charge is 2.34. The molecular weight excluding hydrogens is 280 g/mol. The largest absolute Gasteiger partial charge is 0.351 e. The van der Waals surface area contributed by atoms with E-state index in [0.717, 1.165) is 24.6 Å². The molecule has 1 saturated heterocycles. The Hall–Kier alpha value is -2.44. The van der Waals surface area contributed by atoms with Crippen molar-refractivity contribution in [1.82, 2.24) is 25.3 Å². The lowest BCUT2D eigenvalue weighted by Crippen LogP contribution is -2.60. The Kier molecular flexibility index (Phi) is 3.06. The molecule has 0 aromatic carbocycles. The number of anilines is 1. The number of nitrogens with one attached hydrogen (secondary N) is 1. The summed E-state index contributed by atoms with van der Waals surface area (Å²) in [5.74, 6) is 1.52. The lowest BCUT2D eigenvalue weighted by Gasteiger charge is -2.44. The number of rotatable bonds is 4. The monoisotopic (exact) mass is 298 g/mol. The summed E-state index contributed by atoms with van der Waals surface area (Å²) >= 11 is 0. The number of hydrogen-bond acceptors (Lipinski definition) is 5. The summed E-state index contributed by atoms with van der Waals surface area (Å²) in [7, 11) is 1.83. The van der Waals surface area contributed by atoms with E-state index in [2.05, 4.69) is 31.4 Å². The Morgan fingerprint density at radius 3 is 2.73 bits per heavy atom. The van der Waals surface area contributed by atoms with E-state index in [1.807, 2.05) is 13.1 Å². The van der Waals surface area contributed by atoms with Gasteiger partial charge in [-0.1, -0.05) is 0 Å². The van der Waals surface area contributed by atoms with Crippen molar-refractivity contribution in [1.29, 1.82) is 0 Å². The summed E-state index contributed by atoms with van der Waals surface area (Å²) in [5, 5.41) is 15.1. The molecule has 3 heterocycles. The molecule has 1 saturated carbocycles. The third kappa shape index (κ3) is 2.32. The molecule has 1 aliphatic heterocycles. The first kappa shape index (κ1) is 13.2. The first-order valence-electron chi connectivity index (χ1n) is 7.57. The first-order chi connectivity index (χ1) is 10.7. The number of hydrogen-bond donors (Lipinski definition) is 1. The van der Waals surface area contributed by atoms with Gasteiger partial charge in [0.2, 0.25) is 0 Å². The number of likely N-dealkylation sites (N-methyl/N-ethyl adjacent to an activating group) is 1. The topological polar surface area (TPSA) is 78.0 Å². The van der Waals surface area contributed by atoms with Gasteiger partial charge in [-0.3, -0.25) is 9.89 Å². The maximum Gasteiger partial charge on any atom is 0.257 e. The summed E-state index contributed by atoms with van der Waals surface area (Å²) < 4.78 is 0. The molecule has 7 heteroatoms. The van der Waals surface area contributed by atoms with Gasteiger partial charge in [0.05, 0.1) is 23.5 Å². The highest BCUT2D eigenvalue weighted by Crippen LogP contribution is 2.38. The van der Waals surface area contributed by atoms with Crippen molar-refractivity contribution in [3.63, 3.8) is 0 Å². The second kappa shape index (κ2) is 5.08. The normalized spacial score (nSPS) is 18.1. The van der Waals surface area contributed by atoms with Gasteiger partial charge in [0.15, 0.2) is 5.82 Å². The summed E-state index contributed by atoms with van der Waals surface area (Å²) in [6.45, 7) is 1.58. The Bertz CT molecular complexity index is 658. The average molecular weight is 298 g/mol. The zero-order chi connectivity index (χ0) is 15.1. The quantitative estimate of drug-likeness (QED) is 0.912. The molecule has 2 fully saturated rings. The molecule has 1 N–H and O–H groups in total. The van der Waals surface area contributed by atoms with Gasteiger partial charge in [-0.05, 0) is 25.0 Å². The van der Waals surface area contributed by atoms with Gasteiger partial charge < -0.3 is 9.80 Å². The molecule has 2 aromatic heterocycles. The zero-order valence-electron chi connectivity index (χ0n) is 12.4. The summed E-state index contributed by atoms with van der Waals surface area (Å²) in [6.07, 6.45) is 5.65. The van der Waals surface area contributed by atoms with Gasteiger partial charge in [-0.25, -0.2) is 0 Å². The predicted molar refractivity (Wildman–Crippen MR) is 80.7 cm³/mol. The minimum absolute atomic E-state index is 0.00596. The first-order valence-corrected chi connectivity index (χ1v) is 7.57. The molecular formula is C15H18N6O. The molecule has 114 valence electrons. The molecule has 1 amide bonds. The minimum Gasteiger partial charge on any atom is -0.351 e. The van der Waals surface area contributed by atoms with Crippen molar-refractivity contribution in [3.8, 4) is 0 Å². The van der Waals surface area contributed by atoms with Crippen LogP contribution in [0.15, 0.2) is 24.5 Å². The van der Waals surface area contributed by atoms with Gasteiger partial charge in [0.1, 0.15) is 0 Å². The fraction of sp³-hybridized carbons (Fsp3) is 0.467. The second-order valence-corrected chi connectivity index (χ2v) is 6.05. The van der Waals surface area contributed by atoms with Crippen LogP contribution in [-0.4, -0.2) is 57.4 Å². The third-order valence-corrected chi connectivity index (χ3v) is 4.47. The van der Waals surface area contributed by atoms with Crippen molar-refractivity contribution < 1.29 is 4.79 Å². The maximum atomic E-state index is 12.2. The summed E-state index contributed by atoms with van der Waals surface area (Å²) in [4.78, 5) is 16.1. The minimum atomic E-state index is -0.00596. The maximum absolute atomic E-state index is 12.2.